The van der Waals surface area contributed by atoms with Crippen molar-refractivity contribution in [3.05, 3.63) is 82.9 Å². The Labute approximate surface area is 463 Å². The maximum Gasteiger partial charge on any atom is 2.00 e. The number of unbranched alkanes of at least 4 members (excludes halogenated alkanes) is 28. The molecule has 0 amide bonds. The van der Waals surface area contributed by atoms with Crippen LogP contribution in [0.3, 0.4) is 0 Å². The Hall–Kier alpha value is -1.21. The van der Waals surface area contributed by atoms with Gasteiger partial charge in [0.25, 0.3) is 0 Å². The van der Waals surface area contributed by atoms with Crippen LogP contribution < -0.4 is 0 Å². The van der Waals surface area contributed by atoms with E-state index in [4.69, 9.17) is 0 Å². The zero-order chi connectivity index (χ0) is 49.3. The summed E-state index contributed by atoms with van der Waals surface area (Å²) in [7, 11) is -9.08. The van der Waals surface area contributed by atoms with Crippen molar-refractivity contribution < 1.29 is 25.9 Å². The van der Waals surface area contributed by atoms with E-state index in [9.17, 15) is 25.9 Å². The second kappa shape index (κ2) is 38.4. The van der Waals surface area contributed by atoms with Gasteiger partial charge >= 0.3 is 48.9 Å². The average Bonchev–Trinajstić information content (AvgIpc) is 3.31. The SMILES string of the molecule is CCCCCCCCCCc1ccc2cccc(CCCCCCCCCC)c2c1S(=O)(=O)[O-].CCCCCCCCCCc1ccc2cccc(CCCCCCCCCC)c2c1S(=O)(=O)[O-].[Ba+2]. The molecule has 0 fully saturated rings. The van der Waals surface area contributed by atoms with E-state index in [0.717, 1.165) is 86.1 Å². The predicted molar refractivity (Wildman–Crippen MR) is 295 cm³/mol. The van der Waals surface area contributed by atoms with Gasteiger partial charge in [0.1, 0.15) is 20.2 Å². The monoisotopic (exact) mass is 1110 g/mol. The van der Waals surface area contributed by atoms with E-state index in [2.05, 4.69) is 27.7 Å². The van der Waals surface area contributed by atoms with Crippen LogP contribution in [-0.2, 0) is 45.9 Å². The molecule has 0 saturated heterocycles. The largest absolute Gasteiger partial charge is 2.00 e. The van der Waals surface area contributed by atoms with Crippen LogP contribution in [0.25, 0.3) is 21.5 Å². The molecule has 4 aromatic carbocycles. The molecule has 0 saturated carbocycles. The first-order valence-corrected chi connectivity index (χ1v) is 30.8. The summed E-state index contributed by atoms with van der Waals surface area (Å²) in [5.41, 5.74) is 3.43. The van der Waals surface area contributed by atoms with E-state index in [1.807, 2.05) is 60.7 Å². The normalized spacial score (nSPS) is 11.8. The van der Waals surface area contributed by atoms with Gasteiger partial charge in [-0.15, -0.1) is 0 Å². The van der Waals surface area contributed by atoms with Crippen molar-refractivity contribution in [1.29, 1.82) is 0 Å². The van der Waals surface area contributed by atoms with E-state index >= 15 is 0 Å². The summed E-state index contributed by atoms with van der Waals surface area (Å²) >= 11 is 0. The van der Waals surface area contributed by atoms with Crippen molar-refractivity contribution in [2.24, 2.45) is 0 Å². The van der Waals surface area contributed by atoms with Gasteiger partial charge in [-0.05, 0) is 84.4 Å². The second-order valence-electron chi connectivity index (χ2n) is 19.9. The fourth-order valence-electron chi connectivity index (χ4n) is 10.1. The summed E-state index contributed by atoms with van der Waals surface area (Å²) < 4.78 is 74.4. The van der Waals surface area contributed by atoms with Crippen LogP contribution in [-0.4, -0.2) is 74.8 Å². The molecule has 384 valence electrons. The van der Waals surface area contributed by atoms with Crippen molar-refractivity contribution in [3.8, 4) is 0 Å². The summed E-state index contributed by atoms with van der Waals surface area (Å²) in [5, 5.41) is 3.09. The summed E-state index contributed by atoms with van der Waals surface area (Å²) in [6.45, 7) is 8.93. The van der Waals surface area contributed by atoms with Crippen LogP contribution in [0, 0.1) is 0 Å². The fraction of sp³-hybridized carbons (Fsp3) is 0.667. The first kappa shape index (κ1) is 63.9. The molecule has 0 aliphatic rings. The zero-order valence-electron chi connectivity index (χ0n) is 44.2. The molecule has 4 rings (SSSR count). The number of aryl methyl sites for hydroxylation is 4. The van der Waals surface area contributed by atoms with Gasteiger partial charge in [-0.25, -0.2) is 16.8 Å². The van der Waals surface area contributed by atoms with Crippen LogP contribution in [0.15, 0.2) is 70.5 Å². The van der Waals surface area contributed by atoms with Gasteiger partial charge in [-0.2, -0.15) is 0 Å². The zero-order valence-corrected chi connectivity index (χ0v) is 50.3. The smallest absolute Gasteiger partial charge is 0.744 e. The van der Waals surface area contributed by atoms with Gasteiger partial charge in [0.05, 0.1) is 9.79 Å². The van der Waals surface area contributed by atoms with Crippen LogP contribution >= 0.6 is 0 Å². The molecule has 0 heterocycles. The summed E-state index contributed by atoms with van der Waals surface area (Å²) in [4.78, 5) is 0.0891. The van der Waals surface area contributed by atoms with E-state index in [-0.39, 0.29) is 58.7 Å². The first-order chi connectivity index (χ1) is 33.0. The molecule has 6 nitrogen and oxygen atoms in total. The van der Waals surface area contributed by atoms with Crippen molar-refractivity contribution in [3.63, 3.8) is 0 Å². The van der Waals surface area contributed by atoms with Crippen molar-refractivity contribution in [2.75, 3.05) is 0 Å². The maximum atomic E-state index is 12.4. The Balaban J connectivity index is 0.000000467. The Morgan fingerprint density at radius 1 is 0.304 bits per heavy atom. The molecule has 0 N–H and O–H groups in total. The number of benzene rings is 4. The molecule has 9 heteroatoms. The Morgan fingerprint density at radius 2 is 0.536 bits per heavy atom. The molecule has 0 aliphatic carbocycles. The van der Waals surface area contributed by atoms with E-state index < -0.39 is 20.2 Å². The van der Waals surface area contributed by atoms with E-state index in [0.29, 0.717) is 34.7 Å². The third-order valence-electron chi connectivity index (χ3n) is 14.0. The first-order valence-electron chi connectivity index (χ1n) is 28.0. The minimum atomic E-state index is -4.54. The van der Waals surface area contributed by atoms with Gasteiger partial charge in [-0.1, -0.05) is 268 Å². The van der Waals surface area contributed by atoms with Crippen LogP contribution in [0.1, 0.15) is 255 Å². The van der Waals surface area contributed by atoms with E-state index in [1.54, 1.807) is 0 Å². The van der Waals surface area contributed by atoms with Crippen molar-refractivity contribution >= 4 is 90.7 Å². The van der Waals surface area contributed by atoms with Gasteiger partial charge in [0.15, 0.2) is 0 Å². The fourth-order valence-corrected chi connectivity index (χ4v) is 12.1. The molecule has 0 unspecified atom stereocenters. The molecule has 0 atom stereocenters. The third kappa shape index (κ3) is 25.5. The van der Waals surface area contributed by atoms with Crippen LogP contribution in [0.5, 0.6) is 0 Å². The van der Waals surface area contributed by atoms with Gasteiger partial charge in [-0.3, -0.25) is 0 Å². The standard InChI is InChI=1S/2C30H48O3S.Ba/c2*1-3-5-7-9-11-13-15-17-20-26-22-19-23-27-24-25-28(30(29(26)27)34(31,32)33)21-18-16-14-12-10-8-6-4-2;/h2*19,22-25H,3-18,20-21H2,1-2H3,(H,31,32,33);/q;;+2/p-2. The van der Waals surface area contributed by atoms with Gasteiger partial charge in [0.2, 0.25) is 0 Å². The predicted octanol–water partition coefficient (Wildman–Crippen LogP) is 17.8. The van der Waals surface area contributed by atoms with Crippen LogP contribution in [0.2, 0.25) is 0 Å². The minimum Gasteiger partial charge on any atom is -0.744 e. The topological polar surface area (TPSA) is 114 Å². The third-order valence-corrected chi connectivity index (χ3v) is 16.0. The number of hydrogen-bond acceptors (Lipinski definition) is 6. The molecule has 4 aromatic rings. The quantitative estimate of drug-likeness (QED) is 0.0251. The number of hydrogen-bond donors (Lipinski definition) is 0. The average molecular weight is 1110 g/mol. The van der Waals surface area contributed by atoms with Crippen molar-refractivity contribution in [2.45, 2.75) is 269 Å². The molecule has 0 aliphatic heterocycles. The number of fused-ring (bicyclic) bond motifs is 2. The molecule has 69 heavy (non-hydrogen) atoms. The summed E-state index contributed by atoms with van der Waals surface area (Å²) in [6, 6.07) is 19.6. The number of rotatable bonds is 38. The summed E-state index contributed by atoms with van der Waals surface area (Å²) in [6.07, 6.45) is 42.0. The molecule has 0 spiro atoms. The molecule has 0 bridgehead atoms. The van der Waals surface area contributed by atoms with Gasteiger partial charge in [0, 0.05) is 10.8 Å². The maximum absolute atomic E-state index is 12.4. The molecular weight excluding hydrogens is 1020 g/mol. The van der Waals surface area contributed by atoms with E-state index in [1.165, 1.54) is 154 Å². The molecule has 0 radical (unpaired) electrons. The molecule has 0 aromatic heterocycles. The minimum absolute atomic E-state index is 0. The Morgan fingerprint density at radius 3 is 0.783 bits per heavy atom. The van der Waals surface area contributed by atoms with Gasteiger partial charge < -0.3 is 9.11 Å². The van der Waals surface area contributed by atoms with Crippen LogP contribution in [0.4, 0.5) is 0 Å². The van der Waals surface area contributed by atoms with Crippen molar-refractivity contribution in [1.82, 2.24) is 0 Å². The second-order valence-corrected chi connectivity index (χ2v) is 22.6. The summed E-state index contributed by atoms with van der Waals surface area (Å²) in [5.74, 6) is 0. The molecular formula is C60H94BaO6S2. The Kier molecular flexibility index (Phi) is 35.5. The Bertz CT molecular complexity index is 2030.